The number of aromatic hydroxyl groups is 1. The zero-order valence-corrected chi connectivity index (χ0v) is 14.2. The van der Waals surface area contributed by atoms with Crippen LogP contribution in [-0.4, -0.2) is 44.7 Å². The zero-order valence-electron chi connectivity index (χ0n) is 14.2. The smallest absolute Gasteiger partial charge is 0.408 e. The van der Waals surface area contributed by atoms with Crippen molar-refractivity contribution >= 4 is 22.8 Å². The van der Waals surface area contributed by atoms with Crippen LogP contribution in [-0.2, 0) is 0 Å². The largest absolute Gasteiger partial charge is 0.506 e. The number of benzene rings is 2. The Bertz CT molecular complexity index is 1000. The molecule has 3 N–H and O–H groups in total. The Balaban J connectivity index is 1.55. The minimum absolute atomic E-state index is 0.0945. The van der Waals surface area contributed by atoms with E-state index in [0.717, 1.165) is 5.39 Å². The van der Waals surface area contributed by atoms with Crippen molar-refractivity contribution in [1.82, 2.24) is 15.2 Å². The van der Waals surface area contributed by atoms with Crippen LogP contribution in [0.5, 0.6) is 5.75 Å². The number of carbonyl (C=O) groups is 2. The molecule has 8 heteroatoms. The summed E-state index contributed by atoms with van der Waals surface area (Å²) in [6.07, 6.45) is 2.07. The second-order valence-corrected chi connectivity index (χ2v) is 6.41. The van der Waals surface area contributed by atoms with Crippen LogP contribution < -0.4 is 5.32 Å². The molecular formula is C19H17N3O5. The maximum atomic E-state index is 12.7. The van der Waals surface area contributed by atoms with Gasteiger partial charge in [-0.3, -0.25) is 9.69 Å². The highest BCUT2D eigenvalue weighted by Crippen LogP contribution is 2.32. The van der Waals surface area contributed by atoms with E-state index in [2.05, 4.69) is 10.3 Å². The minimum Gasteiger partial charge on any atom is -0.506 e. The van der Waals surface area contributed by atoms with Gasteiger partial charge in [0.15, 0.2) is 0 Å². The molecule has 27 heavy (non-hydrogen) atoms. The van der Waals surface area contributed by atoms with Crippen molar-refractivity contribution in [3.8, 4) is 5.75 Å². The Labute approximate surface area is 154 Å². The van der Waals surface area contributed by atoms with Crippen LogP contribution in [0.25, 0.3) is 10.8 Å². The maximum absolute atomic E-state index is 12.7. The van der Waals surface area contributed by atoms with Gasteiger partial charge in [-0.05, 0) is 17.9 Å². The van der Waals surface area contributed by atoms with Gasteiger partial charge in [0.2, 0.25) is 5.89 Å². The molecule has 2 heterocycles. The lowest BCUT2D eigenvalue weighted by Gasteiger charge is -2.17. The Morgan fingerprint density at radius 3 is 2.78 bits per heavy atom. The molecular weight excluding hydrogens is 350 g/mol. The fourth-order valence-corrected chi connectivity index (χ4v) is 3.49. The second-order valence-electron chi connectivity index (χ2n) is 6.41. The number of phenolic OH excluding ortho intramolecular Hbond substituents is 1. The fourth-order valence-electron chi connectivity index (χ4n) is 3.49. The van der Waals surface area contributed by atoms with Crippen molar-refractivity contribution in [2.24, 2.45) is 0 Å². The van der Waals surface area contributed by atoms with Gasteiger partial charge in [-0.1, -0.05) is 30.3 Å². The van der Waals surface area contributed by atoms with Gasteiger partial charge in [0.25, 0.3) is 5.91 Å². The summed E-state index contributed by atoms with van der Waals surface area (Å²) >= 11 is 0. The van der Waals surface area contributed by atoms with Crippen LogP contribution in [0.4, 0.5) is 4.79 Å². The number of fused-ring (bicyclic) bond motifs is 1. The highest BCUT2D eigenvalue weighted by Gasteiger charge is 2.39. The van der Waals surface area contributed by atoms with Gasteiger partial charge >= 0.3 is 6.09 Å². The third-order valence-electron chi connectivity index (χ3n) is 4.76. The van der Waals surface area contributed by atoms with E-state index in [4.69, 9.17) is 4.42 Å². The molecule has 1 saturated heterocycles. The Morgan fingerprint density at radius 2 is 2.04 bits per heavy atom. The number of likely N-dealkylation sites (tertiary alicyclic amines) is 1. The number of amides is 2. The Hall–Kier alpha value is -3.55. The first kappa shape index (κ1) is 16.9. The lowest BCUT2D eigenvalue weighted by atomic mass is 10.0. The summed E-state index contributed by atoms with van der Waals surface area (Å²) in [6, 6.07) is 9.56. The fraction of sp³-hybridized carbons (Fsp3) is 0.211. The maximum Gasteiger partial charge on any atom is 0.408 e. The number of hydrogen-bond acceptors (Lipinski definition) is 5. The molecule has 1 aliphatic rings. The average Bonchev–Trinajstić information content (AvgIpc) is 3.31. The van der Waals surface area contributed by atoms with E-state index < -0.39 is 24.1 Å². The van der Waals surface area contributed by atoms with E-state index in [0.29, 0.717) is 17.7 Å². The molecule has 0 aliphatic carbocycles. The molecule has 1 aromatic heterocycles. The lowest BCUT2D eigenvalue weighted by molar-refractivity contribution is 0.0933. The summed E-state index contributed by atoms with van der Waals surface area (Å²) in [5, 5.41) is 24.1. The van der Waals surface area contributed by atoms with Gasteiger partial charge in [0.05, 0.1) is 11.8 Å². The summed E-state index contributed by atoms with van der Waals surface area (Å²) in [6.45, 7) is 0.114. The third kappa shape index (κ3) is 3.05. The quantitative estimate of drug-likeness (QED) is 0.655. The summed E-state index contributed by atoms with van der Waals surface area (Å²) < 4.78 is 5.23. The van der Waals surface area contributed by atoms with Crippen molar-refractivity contribution in [3.05, 3.63) is 60.3 Å². The number of carboxylic acid groups (broad SMARTS) is 1. The molecule has 1 fully saturated rings. The van der Waals surface area contributed by atoms with Crippen LogP contribution >= 0.6 is 0 Å². The molecule has 4 rings (SSSR count). The molecule has 1 aliphatic heterocycles. The number of oxazole rings is 1. The van der Waals surface area contributed by atoms with Crippen molar-refractivity contribution in [3.63, 3.8) is 0 Å². The van der Waals surface area contributed by atoms with Crippen LogP contribution in [0.3, 0.4) is 0 Å². The summed E-state index contributed by atoms with van der Waals surface area (Å²) in [5.41, 5.74) is 0.148. The van der Waals surface area contributed by atoms with E-state index in [-0.39, 0.29) is 17.9 Å². The van der Waals surface area contributed by atoms with Gasteiger partial charge in [0.1, 0.15) is 18.1 Å². The van der Waals surface area contributed by atoms with Gasteiger partial charge in [-0.2, -0.15) is 0 Å². The van der Waals surface area contributed by atoms with Crippen molar-refractivity contribution in [2.45, 2.75) is 18.5 Å². The molecule has 2 atom stereocenters. The SMILES string of the molecule is O=C(N[C@H]1C[C@@H](c2ncco2)N(C(=O)O)C1)c1ccc2ccccc2c1O. The molecule has 0 unspecified atom stereocenters. The Kier molecular flexibility index (Phi) is 4.15. The number of rotatable bonds is 3. The van der Waals surface area contributed by atoms with E-state index >= 15 is 0 Å². The van der Waals surface area contributed by atoms with E-state index in [1.807, 2.05) is 12.1 Å². The third-order valence-corrected chi connectivity index (χ3v) is 4.76. The second kappa shape index (κ2) is 6.64. The first-order valence-corrected chi connectivity index (χ1v) is 8.45. The minimum atomic E-state index is -1.11. The topological polar surface area (TPSA) is 116 Å². The molecule has 0 radical (unpaired) electrons. The van der Waals surface area contributed by atoms with Crippen LogP contribution in [0.2, 0.25) is 0 Å². The Morgan fingerprint density at radius 1 is 1.22 bits per heavy atom. The molecule has 138 valence electrons. The molecule has 0 spiro atoms. The molecule has 3 aromatic rings. The number of carbonyl (C=O) groups excluding carboxylic acids is 1. The van der Waals surface area contributed by atoms with Gasteiger partial charge in [0, 0.05) is 18.0 Å². The van der Waals surface area contributed by atoms with Crippen LogP contribution in [0.15, 0.2) is 53.3 Å². The first-order chi connectivity index (χ1) is 13.0. The molecule has 8 nitrogen and oxygen atoms in total. The summed E-state index contributed by atoms with van der Waals surface area (Å²) in [5.74, 6) is -0.257. The number of nitrogens with one attached hydrogen (secondary N) is 1. The molecule has 2 aromatic carbocycles. The van der Waals surface area contributed by atoms with E-state index in [1.165, 1.54) is 17.4 Å². The normalized spacial score (nSPS) is 19.3. The van der Waals surface area contributed by atoms with E-state index in [9.17, 15) is 19.8 Å². The number of phenols is 1. The van der Waals surface area contributed by atoms with Crippen LogP contribution in [0.1, 0.15) is 28.7 Å². The highest BCUT2D eigenvalue weighted by atomic mass is 16.4. The van der Waals surface area contributed by atoms with E-state index in [1.54, 1.807) is 24.3 Å². The predicted molar refractivity (Wildman–Crippen MR) is 95.5 cm³/mol. The average molecular weight is 367 g/mol. The standard InChI is InChI=1S/C19H17N3O5/c23-16-13-4-2-1-3-11(13)5-6-14(16)17(24)21-12-9-15(18-20-7-8-27-18)22(10-12)19(25)26/h1-8,12,15,23H,9-10H2,(H,21,24)(H,25,26)/t12-,15-/m0/s1. The highest BCUT2D eigenvalue weighted by molar-refractivity contribution is 6.03. The molecule has 0 saturated carbocycles. The molecule has 2 amide bonds. The zero-order chi connectivity index (χ0) is 19.0. The van der Waals surface area contributed by atoms with Crippen LogP contribution in [0, 0.1) is 0 Å². The first-order valence-electron chi connectivity index (χ1n) is 8.45. The molecule has 0 bridgehead atoms. The van der Waals surface area contributed by atoms with Crippen molar-refractivity contribution in [2.75, 3.05) is 6.54 Å². The number of hydrogen-bond donors (Lipinski definition) is 3. The van der Waals surface area contributed by atoms with Gasteiger partial charge in [-0.15, -0.1) is 0 Å². The van der Waals surface area contributed by atoms with Crippen molar-refractivity contribution in [1.29, 1.82) is 0 Å². The van der Waals surface area contributed by atoms with Gasteiger partial charge in [-0.25, -0.2) is 9.78 Å². The summed E-state index contributed by atoms with van der Waals surface area (Å²) in [7, 11) is 0. The van der Waals surface area contributed by atoms with Gasteiger partial charge < -0.3 is 19.9 Å². The predicted octanol–water partition coefficient (Wildman–Crippen LogP) is 2.76. The van der Waals surface area contributed by atoms with Crippen molar-refractivity contribution < 1.29 is 24.2 Å². The summed E-state index contributed by atoms with van der Waals surface area (Å²) in [4.78, 5) is 29.4. The number of nitrogens with zero attached hydrogens (tertiary/aromatic N) is 2. The number of aromatic nitrogens is 1. The monoisotopic (exact) mass is 367 g/mol. The lowest BCUT2D eigenvalue weighted by Crippen LogP contribution is -2.38.